The van der Waals surface area contributed by atoms with Crippen LogP contribution < -0.4 is 5.32 Å². The molecule has 5 nitrogen and oxygen atoms in total. The van der Waals surface area contributed by atoms with Crippen LogP contribution in [0.2, 0.25) is 5.15 Å². The second-order valence-electron chi connectivity index (χ2n) is 8.03. The van der Waals surface area contributed by atoms with Gasteiger partial charge in [0.1, 0.15) is 5.15 Å². The molecular weight excluding hydrogens is 340 g/mol. The second-order valence-corrected chi connectivity index (χ2v) is 8.39. The van der Waals surface area contributed by atoms with Crippen molar-refractivity contribution < 1.29 is 14.3 Å². The number of aryl methyl sites for hydroxylation is 1. The SMILES string of the molecule is COC(=O)[C@]12CC3CC(C1)[C@@H](NC(=O)c1ccc(C)nc1Cl)C(C3)C2. The maximum atomic E-state index is 12.7. The van der Waals surface area contributed by atoms with E-state index in [0.29, 0.717) is 23.3 Å². The number of ether oxygens (including phenoxy) is 1. The van der Waals surface area contributed by atoms with Crippen LogP contribution in [0.25, 0.3) is 0 Å². The standard InChI is InChI=1S/C19H23ClN2O3/c1-10-3-4-14(16(20)21-10)17(23)22-15-12-5-11-6-13(15)9-19(7-11,8-12)18(24)25-2/h3-4,11-13,15H,5-9H2,1-2H3,(H,22,23)/t11?,12?,13?,15-,19-. The van der Waals surface area contributed by atoms with Gasteiger partial charge in [-0.1, -0.05) is 11.6 Å². The highest BCUT2D eigenvalue weighted by Gasteiger charge is 2.59. The van der Waals surface area contributed by atoms with Crippen LogP contribution in [0.3, 0.4) is 0 Å². The van der Waals surface area contributed by atoms with Gasteiger partial charge >= 0.3 is 5.97 Å². The summed E-state index contributed by atoms with van der Waals surface area (Å²) >= 11 is 6.14. The average molecular weight is 363 g/mol. The molecule has 0 spiro atoms. The van der Waals surface area contributed by atoms with E-state index < -0.39 is 0 Å². The van der Waals surface area contributed by atoms with Crippen molar-refractivity contribution in [2.75, 3.05) is 7.11 Å². The summed E-state index contributed by atoms with van der Waals surface area (Å²) in [4.78, 5) is 29.2. The lowest BCUT2D eigenvalue weighted by Crippen LogP contribution is -2.61. The monoisotopic (exact) mass is 362 g/mol. The molecule has 25 heavy (non-hydrogen) atoms. The number of nitrogens with one attached hydrogen (secondary N) is 1. The van der Waals surface area contributed by atoms with Gasteiger partial charge in [0.05, 0.1) is 18.1 Å². The quantitative estimate of drug-likeness (QED) is 0.662. The molecule has 0 saturated heterocycles. The van der Waals surface area contributed by atoms with E-state index in [4.69, 9.17) is 16.3 Å². The second kappa shape index (κ2) is 5.97. The molecule has 2 atom stereocenters. The lowest BCUT2D eigenvalue weighted by Gasteiger charge is -2.58. The van der Waals surface area contributed by atoms with Gasteiger partial charge in [-0.3, -0.25) is 9.59 Å². The lowest BCUT2D eigenvalue weighted by atomic mass is 9.48. The van der Waals surface area contributed by atoms with Gasteiger partial charge < -0.3 is 10.1 Å². The zero-order valence-corrected chi connectivity index (χ0v) is 15.3. The molecule has 4 fully saturated rings. The Morgan fingerprint density at radius 3 is 2.52 bits per heavy atom. The summed E-state index contributed by atoms with van der Waals surface area (Å²) in [7, 11) is 1.48. The summed E-state index contributed by atoms with van der Waals surface area (Å²) in [6.07, 6.45) is 4.75. The van der Waals surface area contributed by atoms with Crippen molar-refractivity contribution >= 4 is 23.5 Å². The van der Waals surface area contributed by atoms with Crippen molar-refractivity contribution in [3.63, 3.8) is 0 Å². The molecule has 4 saturated carbocycles. The summed E-state index contributed by atoms with van der Waals surface area (Å²) < 4.78 is 5.10. The van der Waals surface area contributed by atoms with E-state index in [1.165, 1.54) is 7.11 Å². The van der Waals surface area contributed by atoms with E-state index in [1.807, 2.05) is 6.92 Å². The zero-order valence-electron chi connectivity index (χ0n) is 14.5. The van der Waals surface area contributed by atoms with Crippen LogP contribution in [0.1, 0.15) is 48.2 Å². The molecule has 1 aromatic rings. The number of esters is 1. The third kappa shape index (κ3) is 2.73. The van der Waals surface area contributed by atoms with E-state index in [9.17, 15) is 9.59 Å². The minimum Gasteiger partial charge on any atom is -0.469 e. The Bertz CT molecular complexity index is 719. The topological polar surface area (TPSA) is 68.3 Å². The maximum absolute atomic E-state index is 12.7. The highest BCUT2D eigenvalue weighted by molar-refractivity contribution is 6.32. The van der Waals surface area contributed by atoms with Crippen LogP contribution in [0, 0.1) is 30.1 Å². The first-order valence-corrected chi connectivity index (χ1v) is 9.32. The number of rotatable bonds is 3. The Kier molecular flexibility index (Phi) is 4.02. The van der Waals surface area contributed by atoms with Crippen molar-refractivity contribution in [1.82, 2.24) is 10.3 Å². The molecule has 5 rings (SSSR count). The first-order chi connectivity index (χ1) is 11.9. The maximum Gasteiger partial charge on any atom is 0.311 e. The van der Waals surface area contributed by atoms with E-state index in [2.05, 4.69) is 10.3 Å². The fourth-order valence-corrected chi connectivity index (χ4v) is 5.93. The van der Waals surface area contributed by atoms with E-state index in [-0.39, 0.29) is 28.5 Å². The molecule has 0 aliphatic heterocycles. The zero-order chi connectivity index (χ0) is 17.8. The van der Waals surface area contributed by atoms with Gasteiger partial charge in [0.2, 0.25) is 0 Å². The minimum atomic E-state index is -0.324. The van der Waals surface area contributed by atoms with Crippen molar-refractivity contribution in [1.29, 1.82) is 0 Å². The first kappa shape index (κ1) is 16.8. The normalized spacial score (nSPS) is 35.5. The van der Waals surface area contributed by atoms with Crippen molar-refractivity contribution in [2.24, 2.45) is 23.2 Å². The molecule has 1 heterocycles. The van der Waals surface area contributed by atoms with Crippen LogP contribution in [-0.4, -0.2) is 30.0 Å². The molecule has 134 valence electrons. The van der Waals surface area contributed by atoms with Crippen molar-refractivity contribution in [2.45, 2.75) is 45.1 Å². The number of hydrogen-bond acceptors (Lipinski definition) is 4. The molecule has 4 aliphatic carbocycles. The molecule has 1 N–H and O–H groups in total. The minimum absolute atomic E-state index is 0.0672. The van der Waals surface area contributed by atoms with Gasteiger partial charge in [-0.25, -0.2) is 4.98 Å². The van der Waals surface area contributed by atoms with Gasteiger partial charge in [0, 0.05) is 11.7 Å². The Balaban J connectivity index is 1.53. The summed E-state index contributed by atoms with van der Waals surface area (Å²) in [5.41, 5.74) is 0.884. The molecule has 1 amide bonds. The number of aromatic nitrogens is 1. The summed E-state index contributed by atoms with van der Waals surface area (Å²) in [6.45, 7) is 1.84. The molecule has 0 aromatic carbocycles. The molecule has 0 radical (unpaired) electrons. The van der Waals surface area contributed by atoms with Crippen LogP contribution in [-0.2, 0) is 9.53 Å². The number of hydrogen-bond donors (Lipinski definition) is 1. The summed E-state index contributed by atoms with van der Waals surface area (Å²) in [5.74, 6) is 1.02. The number of carbonyl (C=O) groups excluding carboxylic acids is 2. The Morgan fingerprint density at radius 2 is 1.92 bits per heavy atom. The summed E-state index contributed by atoms with van der Waals surface area (Å²) in [6, 6.07) is 3.63. The van der Waals surface area contributed by atoms with Gasteiger partial charge in [0.25, 0.3) is 5.91 Å². The van der Waals surface area contributed by atoms with Crippen LogP contribution in [0.5, 0.6) is 0 Å². The van der Waals surface area contributed by atoms with Gasteiger partial charge in [-0.15, -0.1) is 0 Å². The largest absolute Gasteiger partial charge is 0.469 e. The summed E-state index contributed by atoms with van der Waals surface area (Å²) in [5, 5.41) is 3.44. The number of nitrogens with zero attached hydrogens (tertiary/aromatic N) is 1. The van der Waals surface area contributed by atoms with E-state index in [0.717, 1.165) is 37.8 Å². The predicted octanol–water partition coefficient (Wildman–Crippen LogP) is 3.14. The number of carbonyl (C=O) groups is 2. The molecule has 2 unspecified atom stereocenters. The third-order valence-corrected chi connectivity index (χ3v) is 6.71. The predicted molar refractivity (Wildman–Crippen MR) is 93.2 cm³/mol. The Hall–Kier alpha value is -1.62. The number of pyridine rings is 1. The van der Waals surface area contributed by atoms with Crippen LogP contribution in [0.15, 0.2) is 12.1 Å². The highest BCUT2D eigenvalue weighted by atomic mass is 35.5. The highest BCUT2D eigenvalue weighted by Crippen LogP contribution is 2.60. The molecular formula is C19H23ClN2O3. The Labute approximate surface area is 152 Å². The Morgan fingerprint density at radius 1 is 1.24 bits per heavy atom. The van der Waals surface area contributed by atoms with Gasteiger partial charge in [0.15, 0.2) is 0 Å². The van der Waals surface area contributed by atoms with Crippen LogP contribution >= 0.6 is 11.6 Å². The average Bonchev–Trinajstić information content (AvgIpc) is 2.56. The lowest BCUT2D eigenvalue weighted by molar-refractivity contribution is -0.170. The molecule has 6 heteroatoms. The van der Waals surface area contributed by atoms with E-state index >= 15 is 0 Å². The van der Waals surface area contributed by atoms with Crippen molar-refractivity contribution in [3.8, 4) is 0 Å². The number of amides is 1. The van der Waals surface area contributed by atoms with Gasteiger partial charge in [-0.2, -0.15) is 0 Å². The van der Waals surface area contributed by atoms with Crippen LogP contribution in [0.4, 0.5) is 0 Å². The third-order valence-electron chi connectivity index (χ3n) is 6.42. The van der Waals surface area contributed by atoms with Gasteiger partial charge in [-0.05, 0) is 68.9 Å². The number of halogens is 1. The molecule has 1 aromatic heterocycles. The fourth-order valence-electron chi connectivity index (χ4n) is 5.65. The molecule has 4 aliphatic rings. The molecule has 4 bridgehead atoms. The van der Waals surface area contributed by atoms with Crippen molar-refractivity contribution in [3.05, 3.63) is 28.5 Å². The fraction of sp³-hybridized carbons (Fsp3) is 0.632. The van der Waals surface area contributed by atoms with E-state index in [1.54, 1.807) is 12.1 Å². The smallest absolute Gasteiger partial charge is 0.311 e. The first-order valence-electron chi connectivity index (χ1n) is 8.94. The number of methoxy groups -OCH3 is 1.